The zero-order valence-electron chi connectivity index (χ0n) is 59.5. The highest BCUT2D eigenvalue weighted by Crippen LogP contribution is 2.45. The van der Waals surface area contributed by atoms with Gasteiger partial charge in [0, 0.05) is 25.7 Å². The molecule has 0 radical (unpaired) electrons. The van der Waals surface area contributed by atoms with E-state index in [2.05, 4.69) is 55.4 Å². The number of carbonyl (C=O) groups is 4. The van der Waals surface area contributed by atoms with Crippen molar-refractivity contribution >= 4 is 39.5 Å². The van der Waals surface area contributed by atoms with E-state index in [0.717, 1.165) is 115 Å². The smallest absolute Gasteiger partial charge is 0.462 e. The summed E-state index contributed by atoms with van der Waals surface area (Å²) in [6.45, 7) is 14.0. The standard InChI is InChI=1S/C72H140O17P2/c1-9-65(8)51-43-35-30-31-37-45-53-70(75)83-59-68(88-71(76)54-46-38-27-21-19-17-15-13-11-10-12-14-16-18-20-24-32-40-48-62(2)3)61-87-91(80,81)85-57-66(73)56-84-90(78,79)86-60-67(89-72(77)55-47-39-29-23-26-34-42-50-64(6)7)58-82-69(74)52-44-36-28-22-25-33-41-49-63(4)5/h62-68,73H,9-61H2,1-8H3,(H,78,79)(H,80,81)/t65?,66?,67-,68-/m1/s1. The molecule has 0 amide bonds. The molecule has 4 unspecified atom stereocenters. The second kappa shape index (κ2) is 61.6. The summed E-state index contributed by atoms with van der Waals surface area (Å²) in [5, 5.41) is 10.6. The van der Waals surface area contributed by atoms with Crippen molar-refractivity contribution < 1.29 is 80.2 Å². The van der Waals surface area contributed by atoms with Gasteiger partial charge < -0.3 is 33.8 Å². The van der Waals surface area contributed by atoms with Crippen LogP contribution in [-0.4, -0.2) is 96.7 Å². The predicted octanol–water partition coefficient (Wildman–Crippen LogP) is 20.5. The van der Waals surface area contributed by atoms with Crippen LogP contribution < -0.4 is 0 Å². The van der Waals surface area contributed by atoms with Crippen LogP contribution in [-0.2, 0) is 65.4 Å². The molecule has 17 nitrogen and oxygen atoms in total. The van der Waals surface area contributed by atoms with Gasteiger partial charge in [-0.3, -0.25) is 37.3 Å². The second-order valence-electron chi connectivity index (χ2n) is 27.6. The Balaban J connectivity index is 5.16. The number of esters is 4. The number of hydrogen-bond acceptors (Lipinski definition) is 15. The van der Waals surface area contributed by atoms with Crippen LogP contribution in [0.15, 0.2) is 0 Å². The minimum atomic E-state index is -4.95. The average Bonchev–Trinajstić information content (AvgIpc) is 2.96. The number of rotatable bonds is 69. The van der Waals surface area contributed by atoms with E-state index in [1.165, 1.54) is 148 Å². The van der Waals surface area contributed by atoms with E-state index >= 15 is 0 Å². The summed E-state index contributed by atoms with van der Waals surface area (Å²) in [5.41, 5.74) is 0. The summed E-state index contributed by atoms with van der Waals surface area (Å²) in [7, 11) is -9.90. The van der Waals surface area contributed by atoms with Gasteiger partial charge in [-0.05, 0) is 49.4 Å². The normalized spacial score (nSPS) is 14.5. The lowest BCUT2D eigenvalue weighted by Crippen LogP contribution is -2.30. The molecular weight excluding hydrogens is 1200 g/mol. The van der Waals surface area contributed by atoms with Crippen LogP contribution in [0.3, 0.4) is 0 Å². The Kier molecular flexibility index (Phi) is 60.3. The highest BCUT2D eigenvalue weighted by molar-refractivity contribution is 7.47. The SMILES string of the molecule is CCC(C)CCCCCCCCC(=O)OC[C@H](COP(=O)(O)OCC(O)COP(=O)(O)OC[C@@H](COC(=O)CCCCCCCCCC(C)C)OC(=O)CCCCCCCCCC(C)C)OC(=O)CCCCCCCCCCCCCCCCCCCCC(C)C. The van der Waals surface area contributed by atoms with E-state index < -0.39 is 97.5 Å². The van der Waals surface area contributed by atoms with Crippen molar-refractivity contribution in [3.05, 3.63) is 0 Å². The summed E-state index contributed by atoms with van der Waals surface area (Å²) >= 11 is 0. The molecule has 0 saturated carbocycles. The summed E-state index contributed by atoms with van der Waals surface area (Å²) in [4.78, 5) is 72.5. The third kappa shape index (κ3) is 65.1. The fourth-order valence-corrected chi connectivity index (χ4v) is 12.4. The number of aliphatic hydroxyl groups is 1. The Morgan fingerprint density at radius 2 is 0.527 bits per heavy atom. The number of phosphoric ester groups is 2. The van der Waals surface area contributed by atoms with Gasteiger partial charge >= 0.3 is 39.5 Å². The number of ether oxygens (including phenoxy) is 4. The minimum Gasteiger partial charge on any atom is -0.462 e. The van der Waals surface area contributed by atoms with Gasteiger partial charge in [0.25, 0.3) is 0 Å². The third-order valence-electron chi connectivity index (χ3n) is 16.9. The Morgan fingerprint density at radius 3 is 0.780 bits per heavy atom. The molecule has 0 aromatic heterocycles. The van der Waals surface area contributed by atoms with Crippen molar-refractivity contribution in [3.63, 3.8) is 0 Å². The molecular formula is C72H140O17P2. The van der Waals surface area contributed by atoms with Gasteiger partial charge in [0.15, 0.2) is 12.2 Å². The van der Waals surface area contributed by atoms with Crippen molar-refractivity contribution in [3.8, 4) is 0 Å². The van der Waals surface area contributed by atoms with E-state index in [9.17, 15) is 43.2 Å². The first-order valence-corrected chi connectivity index (χ1v) is 40.2. The zero-order chi connectivity index (χ0) is 67.5. The van der Waals surface area contributed by atoms with Crippen LogP contribution in [0.1, 0.15) is 357 Å². The first-order valence-electron chi connectivity index (χ1n) is 37.2. The van der Waals surface area contributed by atoms with Crippen molar-refractivity contribution in [1.82, 2.24) is 0 Å². The highest BCUT2D eigenvalue weighted by Gasteiger charge is 2.30. The molecule has 0 bridgehead atoms. The molecule has 0 saturated heterocycles. The van der Waals surface area contributed by atoms with Crippen molar-refractivity contribution in [1.29, 1.82) is 0 Å². The monoisotopic (exact) mass is 1340 g/mol. The lowest BCUT2D eigenvalue weighted by atomic mass is 10.00. The lowest BCUT2D eigenvalue weighted by molar-refractivity contribution is -0.161. The molecule has 0 spiro atoms. The van der Waals surface area contributed by atoms with E-state index in [0.29, 0.717) is 37.5 Å². The van der Waals surface area contributed by atoms with Gasteiger partial charge in [-0.15, -0.1) is 0 Å². The Bertz CT molecular complexity index is 1800. The quantitative estimate of drug-likeness (QED) is 0.0222. The molecule has 0 aliphatic carbocycles. The maximum atomic E-state index is 13.0. The second-order valence-corrected chi connectivity index (χ2v) is 30.6. The highest BCUT2D eigenvalue weighted by atomic mass is 31.2. The fraction of sp³-hybridized carbons (Fsp3) is 0.944. The van der Waals surface area contributed by atoms with Crippen LogP contribution in [0, 0.1) is 23.7 Å². The summed E-state index contributed by atoms with van der Waals surface area (Å²) in [6, 6.07) is 0. The first-order chi connectivity index (χ1) is 43.6. The van der Waals surface area contributed by atoms with E-state index in [-0.39, 0.29) is 25.7 Å². The van der Waals surface area contributed by atoms with Gasteiger partial charge in [0.2, 0.25) is 0 Å². The molecule has 0 aromatic carbocycles. The van der Waals surface area contributed by atoms with Crippen LogP contribution in [0.25, 0.3) is 0 Å². The predicted molar refractivity (Wildman–Crippen MR) is 367 cm³/mol. The summed E-state index contributed by atoms with van der Waals surface area (Å²) < 4.78 is 68.3. The molecule has 540 valence electrons. The average molecular weight is 1340 g/mol. The van der Waals surface area contributed by atoms with E-state index in [1.54, 1.807) is 0 Å². The van der Waals surface area contributed by atoms with Crippen LogP contribution >= 0.6 is 15.6 Å². The van der Waals surface area contributed by atoms with Gasteiger partial charge in [-0.1, -0.05) is 306 Å². The van der Waals surface area contributed by atoms with Gasteiger partial charge in [-0.2, -0.15) is 0 Å². The lowest BCUT2D eigenvalue weighted by Gasteiger charge is -2.21. The van der Waals surface area contributed by atoms with Gasteiger partial charge in [0.1, 0.15) is 19.3 Å². The minimum absolute atomic E-state index is 0.102. The molecule has 91 heavy (non-hydrogen) atoms. The summed E-state index contributed by atoms with van der Waals surface area (Å²) in [5.74, 6) is 0.820. The number of carbonyl (C=O) groups excluding carboxylic acids is 4. The summed E-state index contributed by atoms with van der Waals surface area (Å²) in [6.07, 6.45) is 44.8. The molecule has 0 fully saturated rings. The Labute approximate surface area is 556 Å². The van der Waals surface area contributed by atoms with Gasteiger partial charge in [0.05, 0.1) is 26.4 Å². The largest absolute Gasteiger partial charge is 0.472 e. The molecule has 0 aliphatic rings. The van der Waals surface area contributed by atoms with E-state index in [4.69, 9.17) is 37.0 Å². The maximum absolute atomic E-state index is 13.0. The van der Waals surface area contributed by atoms with Crippen molar-refractivity contribution in [2.24, 2.45) is 23.7 Å². The topological polar surface area (TPSA) is 237 Å². The molecule has 0 aliphatic heterocycles. The molecule has 0 rings (SSSR count). The fourth-order valence-electron chi connectivity index (χ4n) is 10.8. The number of unbranched alkanes of at least 4 members (excludes halogenated alkanes) is 34. The molecule has 0 aromatic rings. The third-order valence-corrected chi connectivity index (χ3v) is 18.8. The first kappa shape index (κ1) is 89.1. The van der Waals surface area contributed by atoms with Crippen LogP contribution in [0.5, 0.6) is 0 Å². The van der Waals surface area contributed by atoms with Gasteiger partial charge in [-0.25, -0.2) is 9.13 Å². The number of aliphatic hydroxyl groups excluding tert-OH is 1. The van der Waals surface area contributed by atoms with E-state index in [1.807, 2.05) is 0 Å². The van der Waals surface area contributed by atoms with Crippen molar-refractivity contribution in [2.75, 3.05) is 39.6 Å². The van der Waals surface area contributed by atoms with Crippen molar-refractivity contribution in [2.45, 2.75) is 375 Å². The number of phosphoric acid groups is 2. The number of hydrogen-bond donors (Lipinski definition) is 3. The Hall–Kier alpha value is -1.94. The molecule has 0 heterocycles. The Morgan fingerprint density at radius 1 is 0.308 bits per heavy atom. The molecule has 19 heteroatoms. The van der Waals surface area contributed by atoms with Crippen LogP contribution in [0.2, 0.25) is 0 Å². The molecule has 6 atom stereocenters. The maximum Gasteiger partial charge on any atom is 0.472 e. The molecule has 3 N–H and O–H groups in total. The van der Waals surface area contributed by atoms with Crippen LogP contribution in [0.4, 0.5) is 0 Å². The zero-order valence-corrected chi connectivity index (χ0v) is 61.3.